The van der Waals surface area contributed by atoms with Gasteiger partial charge in [-0.15, -0.1) is 0 Å². The Morgan fingerprint density at radius 3 is 3.38 bits per heavy atom. The van der Waals surface area contributed by atoms with Crippen molar-refractivity contribution >= 4 is 11.6 Å². The van der Waals surface area contributed by atoms with Crippen molar-refractivity contribution in [3.05, 3.63) is 23.4 Å². The number of allylic oxidation sites excluding steroid dienone is 2. The summed E-state index contributed by atoms with van der Waals surface area (Å²) >= 11 is 5.62. The maximum Gasteiger partial charge on any atom is 0.102 e. The van der Waals surface area contributed by atoms with E-state index >= 15 is 0 Å². The summed E-state index contributed by atoms with van der Waals surface area (Å²) in [5, 5.41) is 3.74. The van der Waals surface area contributed by atoms with Crippen molar-refractivity contribution in [2.45, 2.75) is 6.42 Å². The number of halogens is 1. The molecule has 1 aliphatic rings. The SMILES string of the molecule is ClC1=CC=CCCN1. The average Bonchev–Trinajstić information content (AvgIpc) is 1.94. The second-order valence-corrected chi connectivity index (χ2v) is 2.07. The molecule has 2 heteroatoms. The standard InChI is InChI=1S/C6H8ClN/c7-6-4-2-1-3-5-8-6/h1-2,4,8H,3,5H2. The van der Waals surface area contributed by atoms with E-state index in [1.165, 1.54) is 0 Å². The van der Waals surface area contributed by atoms with Crippen LogP contribution in [0.3, 0.4) is 0 Å². The highest BCUT2D eigenvalue weighted by Crippen LogP contribution is 1.99. The Labute approximate surface area is 54.0 Å². The molecule has 0 aromatic carbocycles. The molecule has 0 atom stereocenters. The predicted octanol–water partition coefficient (Wildman–Crippen LogP) is 1.62. The van der Waals surface area contributed by atoms with E-state index in [4.69, 9.17) is 11.6 Å². The Bertz CT molecular complexity index is 126. The summed E-state index contributed by atoms with van der Waals surface area (Å²) in [6.45, 7) is 0.950. The van der Waals surface area contributed by atoms with Gasteiger partial charge in [-0.1, -0.05) is 23.8 Å². The lowest BCUT2D eigenvalue weighted by Crippen LogP contribution is -2.08. The first-order valence-electron chi connectivity index (χ1n) is 2.66. The zero-order valence-electron chi connectivity index (χ0n) is 4.52. The van der Waals surface area contributed by atoms with Crippen molar-refractivity contribution in [2.75, 3.05) is 6.54 Å². The maximum atomic E-state index is 5.62. The molecule has 0 saturated heterocycles. The van der Waals surface area contributed by atoms with Gasteiger partial charge in [0.2, 0.25) is 0 Å². The Morgan fingerprint density at radius 2 is 2.50 bits per heavy atom. The fourth-order valence-electron chi connectivity index (χ4n) is 0.583. The molecule has 0 radical (unpaired) electrons. The molecule has 0 aliphatic carbocycles. The van der Waals surface area contributed by atoms with Crippen LogP contribution in [0.1, 0.15) is 6.42 Å². The van der Waals surface area contributed by atoms with Crippen molar-refractivity contribution < 1.29 is 0 Å². The van der Waals surface area contributed by atoms with Crippen LogP contribution in [0.15, 0.2) is 23.4 Å². The van der Waals surface area contributed by atoms with Crippen LogP contribution >= 0.6 is 11.6 Å². The largest absolute Gasteiger partial charge is 0.376 e. The monoisotopic (exact) mass is 129 g/mol. The molecular weight excluding hydrogens is 122 g/mol. The minimum Gasteiger partial charge on any atom is -0.376 e. The molecule has 0 amide bonds. The number of hydrogen-bond donors (Lipinski definition) is 1. The van der Waals surface area contributed by atoms with Crippen molar-refractivity contribution in [2.24, 2.45) is 0 Å². The van der Waals surface area contributed by atoms with E-state index in [2.05, 4.69) is 11.4 Å². The lowest BCUT2D eigenvalue weighted by molar-refractivity contribution is 0.846. The summed E-state index contributed by atoms with van der Waals surface area (Å²) in [5.74, 6) is 0. The van der Waals surface area contributed by atoms with Crippen LogP contribution in [0.2, 0.25) is 0 Å². The fraction of sp³-hybridized carbons (Fsp3) is 0.333. The number of rotatable bonds is 0. The zero-order chi connectivity index (χ0) is 5.82. The second kappa shape index (κ2) is 2.78. The third-order valence-corrected chi connectivity index (χ3v) is 1.24. The van der Waals surface area contributed by atoms with E-state index in [0.29, 0.717) is 0 Å². The molecule has 1 nitrogen and oxygen atoms in total. The van der Waals surface area contributed by atoms with Crippen LogP contribution in [0.4, 0.5) is 0 Å². The second-order valence-electron chi connectivity index (χ2n) is 1.66. The topological polar surface area (TPSA) is 12.0 Å². The summed E-state index contributed by atoms with van der Waals surface area (Å²) in [6.07, 6.45) is 6.96. The first kappa shape index (κ1) is 5.70. The van der Waals surface area contributed by atoms with Crippen molar-refractivity contribution in [3.8, 4) is 0 Å². The van der Waals surface area contributed by atoms with Crippen LogP contribution in [-0.2, 0) is 0 Å². The van der Waals surface area contributed by atoms with E-state index < -0.39 is 0 Å². The molecule has 0 spiro atoms. The van der Waals surface area contributed by atoms with Crippen molar-refractivity contribution in [1.29, 1.82) is 0 Å². The summed E-state index contributed by atoms with van der Waals surface area (Å²) in [7, 11) is 0. The lowest BCUT2D eigenvalue weighted by Gasteiger charge is -1.96. The lowest BCUT2D eigenvalue weighted by atomic mass is 10.4. The summed E-state index contributed by atoms with van der Waals surface area (Å²) in [5.41, 5.74) is 0. The molecule has 0 unspecified atom stereocenters. The van der Waals surface area contributed by atoms with Gasteiger partial charge in [-0.25, -0.2) is 0 Å². The highest BCUT2D eigenvalue weighted by atomic mass is 35.5. The molecule has 0 saturated carbocycles. The van der Waals surface area contributed by atoms with Gasteiger partial charge in [0.15, 0.2) is 0 Å². The molecule has 1 N–H and O–H groups in total. The first-order valence-corrected chi connectivity index (χ1v) is 3.03. The quantitative estimate of drug-likeness (QED) is 0.490. The number of nitrogens with one attached hydrogen (secondary N) is 1. The zero-order valence-corrected chi connectivity index (χ0v) is 5.28. The molecule has 0 aromatic heterocycles. The van der Waals surface area contributed by atoms with Gasteiger partial charge in [-0.3, -0.25) is 0 Å². The third-order valence-electron chi connectivity index (χ3n) is 0.984. The molecule has 44 valence electrons. The van der Waals surface area contributed by atoms with Crippen LogP contribution in [-0.4, -0.2) is 6.54 Å². The first-order chi connectivity index (χ1) is 3.89. The van der Waals surface area contributed by atoms with E-state index in [1.54, 1.807) is 0 Å². The van der Waals surface area contributed by atoms with Gasteiger partial charge in [-0.2, -0.15) is 0 Å². The predicted molar refractivity (Wildman–Crippen MR) is 35.7 cm³/mol. The average molecular weight is 130 g/mol. The molecule has 0 fully saturated rings. The highest BCUT2D eigenvalue weighted by Gasteiger charge is 1.89. The normalized spacial score (nSPS) is 18.9. The van der Waals surface area contributed by atoms with Crippen molar-refractivity contribution in [1.82, 2.24) is 5.32 Å². The maximum absolute atomic E-state index is 5.62. The molecule has 0 bridgehead atoms. The Morgan fingerprint density at radius 1 is 1.62 bits per heavy atom. The van der Waals surface area contributed by atoms with Gasteiger partial charge >= 0.3 is 0 Å². The van der Waals surface area contributed by atoms with Gasteiger partial charge in [-0.05, 0) is 12.5 Å². The van der Waals surface area contributed by atoms with E-state index in [1.807, 2.05) is 12.2 Å². The van der Waals surface area contributed by atoms with Gasteiger partial charge in [0.05, 0.1) is 0 Å². The Kier molecular flexibility index (Phi) is 1.98. The van der Waals surface area contributed by atoms with Crippen LogP contribution in [0.25, 0.3) is 0 Å². The smallest absolute Gasteiger partial charge is 0.102 e. The van der Waals surface area contributed by atoms with Crippen molar-refractivity contribution in [3.63, 3.8) is 0 Å². The van der Waals surface area contributed by atoms with Gasteiger partial charge in [0.25, 0.3) is 0 Å². The third kappa shape index (κ3) is 1.58. The molecular formula is C6H8ClN. The Balaban J connectivity index is 2.52. The molecule has 1 heterocycles. The van der Waals surface area contributed by atoms with E-state index in [9.17, 15) is 0 Å². The summed E-state index contributed by atoms with van der Waals surface area (Å²) < 4.78 is 0. The van der Waals surface area contributed by atoms with Gasteiger partial charge in [0.1, 0.15) is 5.16 Å². The van der Waals surface area contributed by atoms with E-state index in [0.717, 1.165) is 18.1 Å². The fourth-order valence-corrected chi connectivity index (χ4v) is 0.750. The molecule has 1 aliphatic heterocycles. The molecule has 0 aromatic rings. The molecule has 8 heavy (non-hydrogen) atoms. The van der Waals surface area contributed by atoms with Crippen LogP contribution in [0.5, 0.6) is 0 Å². The number of hydrogen-bond acceptors (Lipinski definition) is 1. The van der Waals surface area contributed by atoms with Gasteiger partial charge in [0, 0.05) is 6.54 Å². The highest BCUT2D eigenvalue weighted by molar-refractivity contribution is 6.29. The van der Waals surface area contributed by atoms with Crippen LogP contribution < -0.4 is 5.32 Å². The summed E-state index contributed by atoms with van der Waals surface area (Å²) in [4.78, 5) is 0. The van der Waals surface area contributed by atoms with E-state index in [-0.39, 0.29) is 0 Å². The Hall–Kier alpha value is -0.430. The molecule has 1 rings (SSSR count). The summed E-state index contributed by atoms with van der Waals surface area (Å²) in [6, 6.07) is 0. The minimum atomic E-state index is 0.735. The van der Waals surface area contributed by atoms with Crippen LogP contribution in [0, 0.1) is 0 Å². The minimum absolute atomic E-state index is 0.735. The van der Waals surface area contributed by atoms with Gasteiger partial charge < -0.3 is 5.32 Å².